The van der Waals surface area contributed by atoms with Gasteiger partial charge in [-0.1, -0.05) is 12.1 Å². The second-order valence-electron chi connectivity index (χ2n) is 7.15. The van der Waals surface area contributed by atoms with Gasteiger partial charge in [0.2, 0.25) is 0 Å². The fourth-order valence-electron chi connectivity index (χ4n) is 3.60. The Bertz CT molecular complexity index is 1410. The second kappa shape index (κ2) is 7.52. The van der Waals surface area contributed by atoms with Crippen LogP contribution in [0.1, 0.15) is 16.2 Å². The van der Waals surface area contributed by atoms with Gasteiger partial charge in [-0.3, -0.25) is 14.9 Å². The summed E-state index contributed by atoms with van der Waals surface area (Å²) >= 11 is 0. The number of hydrogen-bond donors (Lipinski definition) is 4. The van der Waals surface area contributed by atoms with Gasteiger partial charge in [-0.2, -0.15) is 5.10 Å². The zero-order valence-corrected chi connectivity index (χ0v) is 16.3. The highest BCUT2D eigenvalue weighted by Crippen LogP contribution is 2.30. The summed E-state index contributed by atoms with van der Waals surface area (Å²) in [4.78, 5) is 24.0. The summed E-state index contributed by atoms with van der Waals surface area (Å²) in [7, 11) is 0. The Morgan fingerprint density at radius 3 is 2.81 bits per heavy atom. The number of aromatic amines is 2. The average molecular weight is 415 g/mol. The standard InChI is InChI=1S/C22H18FN7O/c23-13-3-6-25-19(10-13)22(31)26-7-4-14-11-16-20(28-14)15-2-1-12(17-5-8-27-30-17)9-18(15)29-21(16)24/h1-3,5-6,8-11,28H,4,7H2,(H2,24,29)(H,26,31)(H,27,30). The van der Waals surface area contributed by atoms with Crippen LogP contribution in [0.4, 0.5) is 10.2 Å². The summed E-state index contributed by atoms with van der Waals surface area (Å²) < 4.78 is 13.3. The lowest BCUT2D eigenvalue weighted by atomic mass is 10.1. The van der Waals surface area contributed by atoms with E-state index in [4.69, 9.17) is 5.73 Å². The molecule has 0 aliphatic rings. The minimum atomic E-state index is -0.499. The Balaban J connectivity index is 1.38. The normalized spacial score (nSPS) is 11.3. The molecule has 0 radical (unpaired) electrons. The van der Waals surface area contributed by atoms with Crippen LogP contribution in [0.25, 0.3) is 33.1 Å². The van der Waals surface area contributed by atoms with Gasteiger partial charge in [-0.15, -0.1) is 0 Å². The van der Waals surface area contributed by atoms with Crippen LogP contribution < -0.4 is 11.1 Å². The van der Waals surface area contributed by atoms with Gasteiger partial charge in [0.1, 0.15) is 17.3 Å². The van der Waals surface area contributed by atoms with E-state index in [2.05, 4.69) is 30.5 Å². The number of carbonyl (C=O) groups excluding carboxylic acids is 1. The highest BCUT2D eigenvalue weighted by atomic mass is 19.1. The zero-order chi connectivity index (χ0) is 21.4. The first-order valence-corrected chi connectivity index (χ1v) is 9.69. The van der Waals surface area contributed by atoms with Crippen LogP contribution in [0, 0.1) is 5.82 Å². The molecule has 0 bridgehead atoms. The number of halogens is 1. The van der Waals surface area contributed by atoms with Crippen LogP contribution in [0.5, 0.6) is 0 Å². The number of nitrogen functional groups attached to an aromatic ring is 1. The Hall–Kier alpha value is -4.27. The second-order valence-corrected chi connectivity index (χ2v) is 7.15. The molecule has 0 fully saturated rings. The summed E-state index contributed by atoms with van der Waals surface area (Å²) in [6, 6.07) is 12.1. The molecule has 1 amide bonds. The molecule has 9 heteroatoms. The number of aromatic nitrogens is 5. The third-order valence-corrected chi connectivity index (χ3v) is 5.10. The monoisotopic (exact) mass is 415 g/mol. The number of rotatable bonds is 5. The van der Waals surface area contributed by atoms with Crippen molar-refractivity contribution in [1.82, 2.24) is 30.5 Å². The first kappa shape index (κ1) is 18.7. The SMILES string of the molecule is Nc1nc2cc(-c3ccn[nH]3)ccc2c2[nH]c(CCNC(=O)c3cc(F)ccn3)cc12. The Labute approximate surface area is 175 Å². The number of H-pyrrole nitrogens is 2. The lowest BCUT2D eigenvalue weighted by molar-refractivity contribution is 0.0948. The number of carbonyl (C=O) groups is 1. The quantitative estimate of drug-likeness (QED) is 0.351. The van der Waals surface area contributed by atoms with E-state index in [1.807, 2.05) is 30.3 Å². The number of hydrogen-bond acceptors (Lipinski definition) is 5. The van der Waals surface area contributed by atoms with Crippen molar-refractivity contribution in [2.75, 3.05) is 12.3 Å². The third-order valence-electron chi connectivity index (χ3n) is 5.10. The molecule has 1 aromatic carbocycles. The van der Waals surface area contributed by atoms with Crippen LogP contribution in [0.3, 0.4) is 0 Å². The van der Waals surface area contributed by atoms with Gasteiger partial charge in [-0.05, 0) is 24.3 Å². The maximum Gasteiger partial charge on any atom is 0.269 e. The molecule has 5 rings (SSSR count). The number of pyridine rings is 2. The highest BCUT2D eigenvalue weighted by molar-refractivity contribution is 6.08. The molecule has 4 heterocycles. The molecule has 5 aromatic rings. The molecule has 0 atom stereocenters. The van der Waals surface area contributed by atoms with Gasteiger partial charge in [0, 0.05) is 53.5 Å². The van der Waals surface area contributed by atoms with Gasteiger partial charge in [0.25, 0.3) is 5.91 Å². The molecule has 4 aromatic heterocycles. The maximum absolute atomic E-state index is 13.3. The molecule has 0 saturated heterocycles. The van der Waals surface area contributed by atoms with Crippen molar-refractivity contribution in [3.63, 3.8) is 0 Å². The largest absolute Gasteiger partial charge is 0.383 e. The molecule has 0 aliphatic heterocycles. The van der Waals surface area contributed by atoms with Crippen molar-refractivity contribution < 1.29 is 9.18 Å². The predicted octanol–water partition coefficient (Wildman–Crippen LogP) is 3.20. The van der Waals surface area contributed by atoms with Gasteiger partial charge in [-0.25, -0.2) is 9.37 Å². The Morgan fingerprint density at radius 2 is 2.00 bits per heavy atom. The molecule has 31 heavy (non-hydrogen) atoms. The van der Waals surface area contributed by atoms with Crippen LogP contribution in [-0.2, 0) is 6.42 Å². The molecule has 0 aliphatic carbocycles. The summed E-state index contributed by atoms with van der Waals surface area (Å²) in [5, 5.41) is 11.5. The van der Waals surface area contributed by atoms with Gasteiger partial charge in [0.05, 0.1) is 16.7 Å². The van der Waals surface area contributed by atoms with E-state index in [9.17, 15) is 9.18 Å². The van der Waals surface area contributed by atoms with E-state index < -0.39 is 11.7 Å². The van der Waals surface area contributed by atoms with Crippen molar-refractivity contribution in [3.05, 3.63) is 72.1 Å². The fourth-order valence-corrected chi connectivity index (χ4v) is 3.60. The Morgan fingerprint density at radius 1 is 1.10 bits per heavy atom. The number of amides is 1. The fraction of sp³-hybridized carbons (Fsp3) is 0.0909. The number of fused-ring (bicyclic) bond motifs is 3. The topological polar surface area (TPSA) is 125 Å². The van der Waals surface area contributed by atoms with Crippen LogP contribution >= 0.6 is 0 Å². The number of anilines is 1. The van der Waals surface area contributed by atoms with Crippen LogP contribution in [0.15, 0.2) is 54.9 Å². The number of benzene rings is 1. The lowest BCUT2D eigenvalue weighted by Gasteiger charge is -2.05. The molecular formula is C22H18FN7O. The lowest BCUT2D eigenvalue weighted by Crippen LogP contribution is -2.26. The van der Waals surface area contributed by atoms with E-state index >= 15 is 0 Å². The van der Waals surface area contributed by atoms with Crippen molar-refractivity contribution >= 4 is 33.5 Å². The van der Waals surface area contributed by atoms with E-state index in [0.717, 1.165) is 44.8 Å². The first-order valence-electron chi connectivity index (χ1n) is 9.69. The Kier molecular flexibility index (Phi) is 4.55. The number of nitrogens with zero attached hydrogens (tertiary/aromatic N) is 3. The summed E-state index contributed by atoms with van der Waals surface area (Å²) in [6.07, 6.45) is 3.51. The minimum Gasteiger partial charge on any atom is -0.383 e. The van der Waals surface area contributed by atoms with Gasteiger partial charge in [0.15, 0.2) is 0 Å². The van der Waals surface area contributed by atoms with Gasteiger partial charge >= 0.3 is 0 Å². The van der Waals surface area contributed by atoms with Crippen molar-refractivity contribution in [3.8, 4) is 11.3 Å². The van der Waals surface area contributed by atoms with E-state index in [-0.39, 0.29) is 5.69 Å². The molecule has 0 spiro atoms. The molecule has 5 N–H and O–H groups in total. The van der Waals surface area contributed by atoms with Crippen LogP contribution in [0.2, 0.25) is 0 Å². The highest BCUT2D eigenvalue weighted by Gasteiger charge is 2.12. The summed E-state index contributed by atoms with van der Waals surface area (Å²) in [6.45, 7) is 0.360. The smallest absolute Gasteiger partial charge is 0.269 e. The molecule has 8 nitrogen and oxygen atoms in total. The molecule has 0 saturated carbocycles. The van der Waals surface area contributed by atoms with E-state index in [1.165, 1.54) is 12.3 Å². The third kappa shape index (κ3) is 3.57. The van der Waals surface area contributed by atoms with Crippen molar-refractivity contribution in [2.45, 2.75) is 6.42 Å². The van der Waals surface area contributed by atoms with Crippen molar-refractivity contribution in [2.24, 2.45) is 0 Å². The molecule has 0 unspecified atom stereocenters. The van der Waals surface area contributed by atoms with E-state index in [0.29, 0.717) is 18.8 Å². The molecular weight excluding hydrogens is 397 g/mol. The summed E-state index contributed by atoms with van der Waals surface area (Å²) in [5.41, 5.74) is 10.7. The zero-order valence-electron chi connectivity index (χ0n) is 16.3. The maximum atomic E-state index is 13.3. The van der Waals surface area contributed by atoms with Crippen LogP contribution in [-0.4, -0.2) is 37.6 Å². The predicted molar refractivity (Wildman–Crippen MR) is 116 cm³/mol. The van der Waals surface area contributed by atoms with E-state index in [1.54, 1.807) is 6.20 Å². The van der Waals surface area contributed by atoms with Gasteiger partial charge < -0.3 is 16.0 Å². The summed E-state index contributed by atoms with van der Waals surface area (Å²) in [5.74, 6) is -0.491. The average Bonchev–Trinajstić information content (AvgIpc) is 3.44. The number of nitrogens with one attached hydrogen (secondary N) is 3. The van der Waals surface area contributed by atoms with Crippen molar-refractivity contribution in [1.29, 1.82) is 0 Å². The molecule has 154 valence electrons. The number of nitrogens with two attached hydrogens (primary N) is 1. The minimum absolute atomic E-state index is 0.0455. The first-order chi connectivity index (χ1) is 15.1.